The predicted molar refractivity (Wildman–Crippen MR) is 97.8 cm³/mol. The van der Waals surface area contributed by atoms with Crippen molar-refractivity contribution in [2.45, 2.75) is 13.1 Å². The standard InChI is InChI=1S/C17H16FN7O3/c1-28-16-6-11(18)15(25(26)27)7-13(16)23-17-20-5-2-12(22-17)10-8-21-24-9-19-4-3-14(10)24/h2,5-8,19H,3-4,9H2,1H3,(H,20,22,23). The van der Waals surface area contributed by atoms with Gasteiger partial charge in [0.15, 0.2) is 0 Å². The first-order chi connectivity index (χ1) is 13.6. The summed E-state index contributed by atoms with van der Waals surface area (Å²) in [7, 11) is 1.34. The number of nitro benzene ring substituents is 1. The number of anilines is 2. The molecule has 28 heavy (non-hydrogen) atoms. The van der Waals surface area contributed by atoms with Crippen LogP contribution in [-0.4, -0.2) is 38.3 Å². The van der Waals surface area contributed by atoms with Gasteiger partial charge < -0.3 is 10.1 Å². The van der Waals surface area contributed by atoms with Gasteiger partial charge in [-0.3, -0.25) is 20.1 Å². The number of nitrogens with one attached hydrogen (secondary N) is 2. The number of benzene rings is 1. The van der Waals surface area contributed by atoms with Crippen molar-refractivity contribution in [2.75, 3.05) is 19.0 Å². The van der Waals surface area contributed by atoms with Crippen molar-refractivity contribution in [3.05, 3.63) is 52.2 Å². The normalized spacial score (nSPS) is 13.1. The lowest BCUT2D eigenvalue weighted by Crippen LogP contribution is -2.29. The van der Waals surface area contributed by atoms with E-state index in [1.54, 1.807) is 18.5 Å². The number of ether oxygens (including phenoxy) is 1. The molecule has 4 rings (SSSR count). The van der Waals surface area contributed by atoms with Crippen molar-refractivity contribution < 1.29 is 14.1 Å². The zero-order valence-corrected chi connectivity index (χ0v) is 14.8. The van der Waals surface area contributed by atoms with E-state index in [-0.39, 0.29) is 17.4 Å². The molecule has 2 aromatic heterocycles. The average molecular weight is 385 g/mol. The molecule has 144 valence electrons. The molecule has 0 amide bonds. The Hall–Kier alpha value is -3.60. The maximum atomic E-state index is 13.8. The fraction of sp³-hybridized carbons (Fsp3) is 0.235. The summed E-state index contributed by atoms with van der Waals surface area (Å²) in [5.41, 5.74) is 2.14. The number of methoxy groups -OCH3 is 1. The molecular formula is C17H16FN7O3. The molecular weight excluding hydrogens is 369 g/mol. The van der Waals surface area contributed by atoms with Crippen molar-refractivity contribution in [2.24, 2.45) is 0 Å². The number of hydrogen-bond acceptors (Lipinski definition) is 8. The smallest absolute Gasteiger partial charge is 0.307 e. The van der Waals surface area contributed by atoms with E-state index >= 15 is 0 Å². The fourth-order valence-corrected chi connectivity index (χ4v) is 3.06. The molecule has 0 saturated carbocycles. The zero-order valence-electron chi connectivity index (χ0n) is 14.8. The van der Waals surface area contributed by atoms with Crippen LogP contribution in [0.4, 0.5) is 21.7 Å². The zero-order chi connectivity index (χ0) is 19.7. The van der Waals surface area contributed by atoms with Crippen LogP contribution in [-0.2, 0) is 13.1 Å². The second-order valence-corrected chi connectivity index (χ2v) is 6.06. The lowest BCUT2D eigenvalue weighted by atomic mass is 10.1. The molecule has 0 fully saturated rings. The van der Waals surface area contributed by atoms with Gasteiger partial charge in [-0.15, -0.1) is 0 Å². The minimum Gasteiger partial charge on any atom is -0.494 e. The van der Waals surface area contributed by atoms with Crippen molar-refractivity contribution >= 4 is 17.3 Å². The topological polar surface area (TPSA) is 120 Å². The van der Waals surface area contributed by atoms with E-state index in [4.69, 9.17) is 4.74 Å². The van der Waals surface area contributed by atoms with Gasteiger partial charge in [0.25, 0.3) is 0 Å². The van der Waals surface area contributed by atoms with Crippen LogP contribution in [0.5, 0.6) is 5.75 Å². The number of aromatic nitrogens is 4. The average Bonchev–Trinajstić information content (AvgIpc) is 3.13. The first kappa shape index (κ1) is 17.8. The van der Waals surface area contributed by atoms with Crippen LogP contribution < -0.4 is 15.4 Å². The monoisotopic (exact) mass is 385 g/mol. The fourth-order valence-electron chi connectivity index (χ4n) is 3.06. The maximum Gasteiger partial charge on any atom is 0.307 e. The second kappa shape index (κ2) is 7.19. The summed E-state index contributed by atoms with van der Waals surface area (Å²) in [5, 5.41) is 21.5. The summed E-state index contributed by atoms with van der Waals surface area (Å²) in [6.45, 7) is 1.49. The molecule has 11 heteroatoms. The number of rotatable bonds is 5. The third kappa shape index (κ3) is 3.22. The van der Waals surface area contributed by atoms with Crippen LogP contribution in [0.3, 0.4) is 0 Å². The van der Waals surface area contributed by atoms with E-state index in [9.17, 15) is 14.5 Å². The molecule has 10 nitrogen and oxygen atoms in total. The second-order valence-electron chi connectivity index (χ2n) is 6.06. The van der Waals surface area contributed by atoms with Crippen LogP contribution in [0.25, 0.3) is 11.3 Å². The number of nitrogens with zero attached hydrogens (tertiary/aromatic N) is 5. The van der Waals surface area contributed by atoms with Gasteiger partial charge in [-0.2, -0.15) is 9.49 Å². The van der Waals surface area contributed by atoms with Crippen LogP contribution in [0.1, 0.15) is 5.69 Å². The molecule has 2 N–H and O–H groups in total. The Morgan fingerprint density at radius 3 is 3.07 bits per heavy atom. The highest BCUT2D eigenvalue weighted by Gasteiger charge is 2.20. The van der Waals surface area contributed by atoms with Gasteiger partial charge >= 0.3 is 5.69 Å². The highest BCUT2D eigenvalue weighted by Crippen LogP contribution is 2.33. The number of hydrogen-bond donors (Lipinski definition) is 2. The Morgan fingerprint density at radius 2 is 2.29 bits per heavy atom. The van der Waals surface area contributed by atoms with Gasteiger partial charge in [0.1, 0.15) is 5.75 Å². The van der Waals surface area contributed by atoms with E-state index in [1.165, 1.54) is 7.11 Å². The van der Waals surface area contributed by atoms with Crippen molar-refractivity contribution in [1.29, 1.82) is 0 Å². The Morgan fingerprint density at radius 1 is 1.43 bits per heavy atom. The highest BCUT2D eigenvalue weighted by atomic mass is 19.1. The third-order valence-corrected chi connectivity index (χ3v) is 4.39. The Bertz CT molecular complexity index is 1050. The molecule has 1 aromatic carbocycles. The lowest BCUT2D eigenvalue weighted by Gasteiger charge is -2.16. The van der Waals surface area contributed by atoms with Crippen molar-refractivity contribution in [1.82, 2.24) is 25.1 Å². The van der Waals surface area contributed by atoms with E-state index in [0.29, 0.717) is 12.4 Å². The first-order valence-corrected chi connectivity index (χ1v) is 8.44. The minimum absolute atomic E-state index is 0.103. The SMILES string of the molecule is COc1cc(F)c([N+](=O)[O-])cc1Nc1nccc(-c2cnn3c2CCNC3)n1. The highest BCUT2D eigenvalue weighted by molar-refractivity contribution is 5.68. The van der Waals surface area contributed by atoms with Gasteiger partial charge in [-0.1, -0.05) is 0 Å². The lowest BCUT2D eigenvalue weighted by molar-refractivity contribution is -0.387. The summed E-state index contributed by atoms with van der Waals surface area (Å²) in [6.07, 6.45) is 4.14. The molecule has 0 aliphatic carbocycles. The van der Waals surface area contributed by atoms with Gasteiger partial charge in [0, 0.05) is 36.9 Å². The van der Waals surface area contributed by atoms with E-state index in [1.807, 2.05) is 4.68 Å². The van der Waals surface area contributed by atoms with Crippen molar-refractivity contribution in [3.8, 4) is 17.0 Å². The first-order valence-electron chi connectivity index (χ1n) is 8.44. The number of fused-ring (bicyclic) bond motifs is 1. The molecule has 0 unspecified atom stereocenters. The van der Waals surface area contributed by atoms with E-state index < -0.39 is 16.4 Å². The van der Waals surface area contributed by atoms with Gasteiger partial charge in [0.2, 0.25) is 11.8 Å². The Balaban J connectivity index is 1.69. The molecule has 1 aliphatic rings. The predicted octanol–water partition coefficient (Wildman–Crippen LogP) is 2.24. The quantitative estimate of drug-likeness (QED) is 0.507. The molecule has 0 radical (unpaired) electrons. The Labute approximate surface area is 158 Å². The molecule has 0 bridgehead atoms. The summed E-state index contributed by atoms with van der Waals surface area (Å²) < 4.78 is 20.8. The Kier molecular flexibility index (Phi) is 4.57. The molecule has 0 atom stereocenters. The molecule has 0 saturated heterocycles. The summed E-state index contributed by atoms with van der Waals surface area (Å²) in [5.74, 6) is -0.682. The summed E-state index contributed by atoms with van der Waals surface area (Å²) in [4.78, 5) is 18.8. The van der Waals surface area contributed by atoms with E-state index in [2.05, 4.69) is 25.7 Å². The van der Waals surface area contributed by atoms with Crippen molar-refractivity contribution in [3.63, 3.8) is 0 Å². The minimum atomic E-state index is -0.984. The maximum absolute atomic E-state index is 13.8. The van der Waals surface area contributed by atoms with E-state index in [0.717, 1.165) is 36.4 Å². The third-order valence-electron chi connectivity index (χ3n) is 4.39. The molecule has 0 spiro atoms. The number of nitro groups is 1. The molecule has 3 heterocycles. The van der Waals surface area contributed by atoms with Crippen LogP contribution in [0, 0.1) is 15.9 Å². The molecule has 3 aromatic rings. The summed E-state index contributed by atoms with van der Waals surface area (Å²) in [6, 6.07) is 3.76. The van der Waals surface area contributed by atoms with Gasteiger partial charge in [0.05, 0.1) is 42.0 Å². The van der Waals surface area contributed by atoms with Crippen LogP contribution in [0.15, 0.2) is 30.6 Å². The van der Waals surface area contributed by atoms with Crippen LogP contribution in [0.2, 0.25) is 0 Å². The molecule has 1 aliphatic heterocycles. The van der Waals surface area contributed by atoms with Crippen LogP contribution >= 0.6 is 0 Å². The van der Waals surface area contributed by atoms with Gasteiger partial charge in [-0.05, 0) is 6.07 Å². The number of halogens is 1. The largest absolute Gasteiger partial charge is 0.494 e. The summed E-state index contributed by atoms with van der Waals surface area (Å²) >= 11 is 0. The van der Waals surface area contributed by atoms with Gasteiger partial charge in [-0.25, -0.2) is 9.97 Å².